The third kappa shape index (κ3) is 3.83. The molecule has 4 nitrogen and oxygen atoms in total. The fourth-order valence-electron chi connectivity index (χ4n) is 4.38. The normalized spacial score (nSPS) is 13.8. The monoisotopic (exact) mass is 375 g/mol. The van der Waals surface area contributed by atoms with Gasteiger partial charge in [0.25, 0.3) is 0 Å². The van der Waals surface area contributed by atoms with Gasteiger partial charge >= 0.3 is 0 Å². The lowest BCUT2D eigenvalue weighted by molar-refractivity contribution is -0.120. The van der Waals surface area contributed by atoms with Crippen LogP contribution in [0.15, 0.2) is 36.4 Å². The lowest BCUT2D eigenvalue weighted by atomic mass is 10.0. The predicted molar refractivity (Wildman–Crippen MR) is 114 cm³/mol. The van der Waals surface area contributed by atoms with Crippen LogP contribution < -0.4 is 5.32 Å². The Morgan fingerprint density at radius 1 is 1.11 bits per heavy atom. The number of nitrogens with one attached hydrogen (secondary N) is 2. The average molecular weight is 376 g/mol. The van der Waals surface area contributed by atoms with Gasteiger partial charge in [-0.15, -0.1) is 0 Å². The molecule has 0 saturated carbocycles. The number of H-pyrrole nitrogens is 1. The summed E-state index contributed by atoms with van der Waals surface area (Å²) in [6, 6.07) is 13.0. The molecule has 0 bridgehead atoms. The summed E-state index contributed by atoms with van der Waals surface area (Å²) in [4.78, 5) is 18.4. The molecule has 146 valence electrons. The number of amides is 1. The summed E-state index contributed by atoms with van der Waals surface area (Å²) in [5.74, 6) is 0.105. The highest BCUT2D eigenvalue weighted by molar-refractivity contribution is 5.92. The van der Waals surface area contributed by atoms with E-state index >= 15 is 0 Å². The van der Waals surface area contributed by atoms with Crippen LogP contribution in [0.2, 0.25) is 0 Å². The molecule has 0 unspecified atom stereocenters. The molecule has 1 amide bonds. The summed E-state index contributed by atoms with van der Waals surface area (Å²) in [7, 11) is 0. The molecule has 4 heteroatoms. The van der Waals surface area contributed by atoms with E-state index in [0.717, 1.165) is 49.4 Å². The van der Waals surface area contributed by atoms with Crippen molar-refractivity contribution in [1.82, 2.24) is 15.2 Å². The molecule has 1 aliphatic rings. The van der Waals surface area contributed by atoms with Crippen LogP contribution in [0.1, 0.15) is 39.9 Å². The van der Waals surface area contributed by atoms with Crippen LogP contribution >= 0.6 is 0 Å². The molecule has 0 fully saturated rings. The van der Waals surface area contributed by atoms with E-state index < -0.39 is 0 Å². The number of benzene rings is 2. The molecule has 1 aliphatic heterocycles. The van der Waals surface area contributed by atoms with Crippen LogP contribution in [0.25, 0.3) is 10.9 Å². The second-order valence-electron chi connectivity index (χ2n) is 8.09. The van der Waals surface area contributed by atoms with E-state index in [0.29, 0.717) is 6.42 Å². The van der Waals surface area contributed by atoms with Crippen molar-refractivity contribution in [3.63, 3.8) is 0 Å². The van der Waals surface area contributed by atoms with Crippen LogP contribution in [0.5, 0.6) is 0 Å². The molecule has 0 saturated heterocycles. The number of hydrogen-bond donors (Lipinski definition) is 2. The first-order chi connectivity index (χ1) is 13.5. The van der Waals surface area contributed by atoms with E-state index in [-0.39, 0.29) is 5.91 Å². The minimum Gasteiger partial charge on any atom is -0.358 e. The first-order valence-corrected chi connectivity index (χ1v) is 10.2. The van der Waals surface area contributed by atoms with Crippen LogP contribution in [0.4, 0.5) is 0 Å². The Hall–Kier alpha value is -2.59. The summed E-state index contributed by atoms with van der Waals surface area (Å²) in [6.07, 6.45) is 1.41. The van der Waals surface area contributed by atoms with E-state index in [1.165, 1.54) is 27.6 Å². The number of carbonyl (C=O) groups is 1. The third-order valence-corrected chi connectivity index (χ3v) is 5.79. The Kier molecular flexibility index (Phi) is 5.23. The van der Waals surface area contributed by atoms with Crippen LogP contribution in [0.3, 0.4) is 0 Å². The minimum absolute atomic E-state index is 0.105. The van der Waals surface area contributed by atoms with E-state index in [9.17, 15) is 4.79 Å². The Bertz CT molecular complexity index is 993. The standard InChI is InChI=1S/C24H29N3O/c1-16-11-17(2)24-22(12-16)21(18(3)26-24)13-23(28)25-9-6-10-27-14-19-7-4-5-8-20(19)15-27/h4-5,7-8,11-12,26H,6,9-10,13-15H2,1-3H3,(H,25,28). The van der Waals surface area contributed by atoms with E-state index in [4.69, 9.17) is 0 Å². The molecule has 2 aromatic carbocycles. The summed E-state index contributed by atoms with van der Waals surface area (Å²) in [5.41, 5.74) is 8.70. The molecule has 2 heterocycles. The molecular weight excluding hydrogens is 346 g/mol. The highest BCUT2D eigenvalue weighted by Gasteiger charge is 2.18. The van der Waals surface area contributed by atoms with E-state index in [2.05, 4.69) is 72.4 Å². The second kappa shape index (κ2) is 7.80. The Morgan fingerprint density at radius 2 is 1.82 bits per heavy atom. The zero-order chi connectivity index (χ0) is 19.7. The number of aromatic nitrogens is 1. The van der Waals surface area contributed by atoms with Crippen molar-refractivity contribution in [2.75, 3.05) is 13.1 Å². The quantitative estimate of drug-likeness (QED) is 0.636. The molecule has 2 N–H and O–H groups in total. The maximum Gasteiger partial charge on any atom is 0.224 e. The molecule has 1 aromatic heterocycles. The number of fused-ring (bicyclic) bond motifs is 2. The topological polar surface area (TPSA) is 48.1 Å². The van der Waals surface area contributed by atoms with Crippen molar-refractivity contribution < 1.29 is 4.79 Å². The van der Waals surface area contributed by atoms with Gasteiger partial charge in [0.05, 0.1) is 6.42 Å². The first-order valence-electron chi connectivity index (χ1n) is 10.2. The number of aryl methyl sites for hydroxylation is 3. The smallest absolute Gasteiger partial charge is 0.224 e. The lowest BCUT2D eigenvalue weighted by Crippen LogP contribution is -2.29. The van der Waals surface area contributed by atoms with Crippen molar-refractivity contribution in [2.45, 2.75) is 46.7 Å². The number of nitrogens with zero attached hydrogens (tertiary/aromatic N) is 1. The van der Waals surface area contributed by atoms with Crippen molar-refractivity contribution in [3.8, 4) is 0 Å². The summed E-state index contributed by atoms with van der Waals surface area (Å²) >= 11 is 0. The Balaban J connectivity index is 1.29. The SMILES string of the molecule is Cc1cc(C)c2[nH]c(C)c(CC(=O)NCCCN3Cc4ccccc4C3)c2c1. The number of aromatic amines is 1. The zero-order valence-electron chi connectivity index (χ0n) is 17.1. The maximum atomic E-state index is 12.5. The van der Waals surface area contributed by atoms with Gasteiger partial charge in [-0.25, -0.2) is 0 Å². The van der Waals surface area contributed by atoms with Crippen LogP contribution in [-0.4, -0.2) is 28.9 Å². The number of rotatable bonds is 6. The van der Waals surface area contributed by atoms with Crippen molar-refractivity contribution in [2.24, 2.45) is 0 Å². The second-order valence-corrected chi connectivity index (χ2v) is 8.09. The average Bonchev–Trinajstić information content (AvgIpc) is 3.20. The summed E-state index contributed by atoms with van der Waals surface area (Å²) < 4.78 is 0. The highest BCUT2D eigenvalue weighted by Crippen LogP contribution is 2.27. The lowest BCUT2D eigenvalue weighted by Gasteiger charge is -2.14. The Labute approximate surface area is 166 Å². The van der Waals surface area contributed by atoms with E-state index in [1.54, 1.807) is 0 Å². The van der Waals surface area contributed by atoms with Crippen LogP contribution in [0, 0.1) is 20.8 Å². The zero-order valence-corrected chi connectivity index (χ0v) is 17.1. The largest absolute Gasteiger partial charge is 0.358 e. The van der Waals surface area contributed by atoms with Gasteiger partial charge in [-0.2, -0.15) is 0 Å². The van der Waals surface area contributed by atoms with Gasteiger partial charge < -0.3 is 10.3 Å². The van der Waals surface area contributed by atoms with Crippen molar-refractivity contribution in [1.29, 1.82) is 0 Å². The highest BCUT2D eigenvalue weighted by atomic mass is 16.1. The molecular formula is C24H29N3O. The molecule has 0 atom stereocenters. The molecule has 0 radical (unpaired) electrons. The fourth-order valence-corrected chi connectivity index (χ4v) is 4.38. The fraction of sp³-hybridized carbons (Fsp3) is 0.375. The van der Waals surface area contributed by atoms with Gasteiger partial charge in [0.2, 0.25) is 5.91 Å². The van der Waals surface area contributed by atoms with Gasteiger partial charge in [-0.05, 0) is 55.5 Å². The van der Waals surface area contributed by atoms with Crippen LogP contribution in [-0.2, 0) is 24.3 Å². The van der Waals surface area contributed by atoms with Crippen molar-refractivity contribution >= 4 is 16.8 Å². The summed E-state index contributed by atoms with van der Waals surface area (Å²) in [5, 5.41) is 4.29. The Morgan fingerprint density at radius 3 is 2.54 bits per heavy atom. The van der Waals surface area contributed by atoms with Gasteiger partial charge in [-0.3, -0.25) is 9.69 Å². The van der Waals surface area contributed by atoms with Gasteiger partial charge in [0.15, 0.2) is 0 Å². The number of carbonyl (C=O) groups excluding carboxylic acids is 1. The summed E-state index contributed by atoms with van der Waals surface area (Å²) in [6.45, 7) is 10.1. The molecule has 28 heavy (non-hydrogen) atoms. The maximum absolute atomic E-state index is 12.5. The molecule has 3 aromatic rings. The number of hydrogen-bond acceptors (Lipinski definition) is 2. The van der Waals surface area contributed by atoms with Gasteiger partial charge in [-0.1, -0.05) is 35.9 Å². The molecule has 0 spiro atoms. The molecule has 4 rings (SSSR count). The first kappa shape index (κ1) is 18.8. The predicted octanol–water partition coefficient (Wildman–Crippen LogP) is 4.16. The molecule has 0 aliphatic carbocycles. The van der Waals surface area contributed by atoms with Crippen molar-refractivity contribution in [3.05, 3.63) is 69.9 Å². The minimum atomic E-state index is 0.105. The van der Waals surface area contributed by atoms with Gasteiger partial charge in [0, 0.05) is 42.8 Å². The van der Waals surface area contributed by atoms with Gasteiger partial charge in [0.1, 0.15) is 0 Å². The van der Waals surface area contributed by atoms with E-state index in [1.807, 2.05) is 0 Å². The third-order valence-electron chi connectivity index (χ3n) is 5.79.